The van der Waals surface area contributed by atoms with Crippen LogP contribution in [0.4, 0.5) is 16.2 Å². The number of nitrogens with one attached hydrogen (secondary N) is 2. The van der Waals surface area contributed by atoms with Gasteiger partial charge in [-0.05, 0) is 18.8 Å². The Labute approximate surface area is 165 Å². The predicted octanol–water partition coefficient (Wildman–Crippen LogP) is 2.44. The van der Waals surface area contributed by atoms with E-state index in [2.05, 4.69) is 10.6 Å². The van der Waals surface area contributed by atoms with Gasteiger partial charge in [0.2, 0.25) is 12.7 Å². The number of nitrogen functional groups attached to an aromatic ring is 1. The maximum absolute atomic E-state index is 12.7. The summed E-state index contributed by atoms with van der Waals surface area (Å²) in [6.45, 7) is 5.93. The third-order valence-corrected chi connectivity index (χ3v) is 4.54. The number of nitrogens with zero attached hydrogens (tertiary/aromatic N) is 1. The number of ether oxygens (including phenoxy) is 2. The summed E-state index contributed by atoms with van der Waals surface area (Å²) in [6.07, 6.45) is 1.54. The molecule has 2 aliphatic heterocycles. The summed E-state index contributed by atoms with van der Waals surface area (Å²) in [4.78, 5) is 26.6. The van der Waals surface area contributed by atoms with Crippen molar-refractivity contribution in [3.05, 3.63) is 12.1 Å². The van der Waals surface area contributed by atoms with Gasteiger partial charge in [0.25, 0.3) is 0 Å². The number of benzene rings is 1. The second-order valence-electron chi connectivity index (χ2n) is 7.15. The SMILES string of the molecule is CC(C)CNC(=O)N1CCCC(C(=O)Nc2cc3c(cc2N)OCO3)C1.Cl. The number of carbonyl (C=O) groups excluding carboxylic acids is 2. The molecule has 3 amide bonds. The highest BCUT2D eigenvalue weighted by Gasteiger charge is 2.29. The van der Waals surface area contributed by atoms with Crippen molar-refractivity contribution < 1.29 is 19.1 Å². The Balaban J connectivity index is 0.00000261. The Kier molecular flexibility index (Phi) is 7.01. The van der Waals surface area contributed by atoms with Gasteiger partial charge >= 0.3 is 6.03 Å². The van der Waals surface area contributed by atoms with Crippen LogP contribution in [0.2, 0.25) is 0 Å². The second kappa shape index (κ2) is 9.03. The van der Waals surface area contributed by atoms with Crippen molar-refractivity contribution in [1.29, 1.82) is 0 Å². The fourth-order valence-corrected chi connectivity index (χ4v) is 3.08. The first-order valence-electron chi connectivity index (χ1n) is 8.96. The maximum atomic E-state index is 12.7. The molecule has 0 aliphatic carbocycles. The fourth-order valence-electron chi connectivity index (χ4n) is 3.08. The fraction of sp³-hybridized carbons (Fsp3) is 0.556. The van der Waals surface area contributed by atoms with E-state index < -0.39 is 0 Å². The Morgan fingerprint density at radius 2 is 2.00 bits per heavy atom. The molecule has 2 aliphatic rings. The van der Waals surface area contributed by atoms with Gasteiger partial charge in [-0.1, -0.05) is 13.8 Å². The van der Waals surface area contributed by atoms with Gasteiger partial charge < -0.3 is 30.7 Å². The van der Waals surface area contributed by atoms with Crippen LogP contribution in [0.25, 0.3) is 0 Å². The van der Waals surface area contributed by atoms with E-state index in [1.165, 1.54) is 0 Å². The number of fused-ring (bicyclic) bond motifs is 1. The van der Waals surface area contributed by atoms with Crippen LogP contribution in [0.1, 0.15) is 26.7 Å². The monoisotopic (exact) mass is 398 g/mol. The second-order valence-corrected chi connectivity index (χ2v) is 7.15. The summed E-state index contributed by atoms with van der Waals surface area (Å²) in [5.41, 5.74) is 6.91. The highest BCUT2D eigenvalue weighted by Crippen LogP contribution is 2.38. The summed E-state index contributed by atoms with van der Waals surface area (Å²) < 4.78 is 10.6. The minimum absolute atomic E-state index is 0. The lowest BCUT2D eigenvalue weighted by atomic mass is 9.97. The highest BCUT2D eigenvalue weighted by molar-refractivity contribution is 5.96. The van der Waals surface area contributed by atoms with Crippen LogP contribution in [-0.2, 0) is 4.79 Å². The minimum atomic E-state index is -0.265. The van der Waals surface area contributed by atoms with Gasteiger partial charge in [0.1, 0.15) is 0 Å². The van der Waals surface area contributed by atoms with Crippen molar-refractivity contribution in [3.8, 4) is 11.5 Å². The molecule has 1 aromatic carbocycles. The van der Waals surface area contributed by atoms with Gasteiger partial charge in [0, 0.05) is 31.8 Å². The van der Waals surface area contributed by atoms with Crippen molar-refractivity contribution in [2.24, 2.45) is 11.8 Å². The number of hydrogen-bond donors (Lipinski definition) is 3. The van der Waals surface area contributed by atoms with E-state index >= 15 is 0 Å². The molecule has 1 fully saturated rings. The molecule has 3 rings (SSSR count). The molecule has 9 heteroatoms. The molecule has 27 heavy (non-hydrogen) atoms. The topological polar surface area (TPSA) is 106 Å². The first-order valence-corrected chi connectivity index (χ1v) is 8.96. The predicted molar refractivity (Wildman–Crippen MR) is 105 cm³/mol. The number of rotatable bonds is 4. The number of urea groups is 1. The van der Waals surface area contributed by atoms with E-state index in [4.69, 9.17) is 15.2 Å². The summed E-state index contributed by atoms with van der Waals surface area (Å²) >= 11 is 0. The zero-order chi connectivity index (χ0) is 18.7. The van der Waals surface area contributed by atoms with Crippen LogP contribution in [0.3, 0.4) is 0 Å². The summed E-state index contributed by atoms with van der Waals surface area (Å²) in [6, 6.07) is 3.20. The number of likely N-dealkylation sites (tertiary alicyclic amines) is 1. The first-order chi connectivity index (χ1) is 12.4. The number of anilines is 2. The summed E-state index contributed by atoms with van der Waals surface area (Å²) in [5.74, 6) is 1.12. The molecule has 1 aromatic rings. The van der Waals surface area contributed by atoms with Crippen LogP contribution in [-0.4, -0.2) is 43.3 Å². The molecule has 4 N–H and O–H groups in total. The molecule has 150 valence electrons. The largest absolute Gasteiger partial charge is 0.454 e. The Morgan fingerprint density at radius 3 is 2.70 bits per heavy atom. The molecule has 1 saturated heterocycles. The zero-order valence-electron chi connectivity index (χ0n) is 15.6. The van der Waals surface area contributed by atoms with Crippen molar-refractivity contribution >= 4 is 35.7 Å². The van der Waals surface area contributed by atoms with Crippen LogP contribution in [0.15, 0.2) is 12.1 Å². The molecule has 1 unspecified atom stereocenters. The lowest BCUT2D eigenvalue weighted by Gasteiger charge is -2.32. The lowest BCUT2D eigenvalue weighted by Crippen LogP contribution is -2.48. The maximum Gasteiger partial charge on any atom is 0.317 e. The van der Waals surface area contributed by atoms with Gasteiger partial charge in [-0.15, -0.1) is 12.4 Å². The first kappa shape index (κ1) is 21.0. The average Bonchev–Trinajstić information content (AvgIpc) is 3.07. The Bertz CT molecular complexity index is 698. The van der Waals surface area contributed by atoms with E-state index in [9.17, 15) is 9.59 Å². The quantitative estimate of drug-likeness (QED) is 0.675. The minimum Gasteiger partial charge on any atom is -0.454 e. The van der Waals surface area contributed by atoms with Crippen LogP contribution in [0, 0.1) is 11.8 Å². The molecule has 0 spiro atoms. The van der Waals surface area contributed by atoms with E-state index in [1.807, 2.05) is 13.8 Å². The van der Waals surface area contributed by atoms with Crippen molar-refractivity contribution in [2.75, 3.05) is 37.5 Å². The number of carbonyl (C=O) groups is 2. The molecule has 1 atom stereocenters. The zero-order valence-corrected chi connectivity index (χ0v) is 16.4. The number of hydrogen-bond acceptors (Lipinski definition) is 5. The normalized spacial score (nSPS) is 18.0. The molecule has 0 aromatic heterocycles. The standard InChI is InChI=1S/C18H26N4O4.ClH/c1-11(2)8-20-18(24)22-5-3-4-12(9-22)17(23)21-14-7-16-15(6-13(14)19)25-10-26-16;/h6-7,11-12H,3-5,8-10,19H2,1-2H3,(H,20,24)(H,21,23);1H. The van der Waals surface area contributed by atoms with Gasteiger partial charge in [-0.3, -0.25) is 4.79 Å². The van der Waals surface area contributed by atoms with E-state index in [0.717, 1.165) is 12.8 Å². The third-order valence-electron chi connectivity index (χ3n) is 4.54. The van der Waals surface area contributed by atoms with Crippen molar-refractivity contribution in [1.82, 2.24) is 10.2 Å². The van der Waals surface area contributed by atoms with E-state index in [1.54, 1.807) is 17.0 Å². The van der Waals surface area contributed by atoms with Crippen LogP contribution in [0.5, 0.6) is 11.5 Å². The molecular weight excluding hydrogens is 372 g/mol. The van der Waals surface area contributed by atoms with Gasteiger partial charge in [-0.2, -0.15) is 0 Å². The Morgan fingerprint density at radius 1 is 1.30 bits per heavy atom. The number of halogens is 1. The van der Waals surface area contributed by atoms with Crippen molar-refractivity contribution in [3.63, 3.8) is 0 Å². The summed E-state index contributed by atoms with van der Waals surface area (Å²) in [7, 11) is 0. The third kappa shape index (κ3) is 5.09. The smallest absolute Gasteiger partial charge is 0.317 e. The molecular formula is C18H27ClN4O4. The average molecular weight is 399 g/mol. The van der Waals surface area contributed by atoms with Gasteiger partial charge in [-0.25, -0.2) is 4.79 Å². The molecule has 2 heterocycles. The highest BCUT2D eigenvalue weighted by atomic mass is 35.5. The molecule has 0 bridgehead atoms. The molecule has 8 nitrogen and oxygen atoms in total. The lowest BCUT2D eigenvalue weighted by molar-refractivity contribution is -0.121. The molecule has 0 saturated carbocycles. The van der Waals surface area contributed by atoms with E-state index in [0.29, 0.717) is 48.4 Å². The van der Waals surface area contributed by atoms with Crippen LogP contribution >= 0.6 is 12.4 Å². The Hall–Kier alpha value is -2.35. The van der Waals surface area contributed by atoms with Gasteiger partial charge in [0.15, 0.2) is 11.5 Å². The summed E-state index contributed by atoms with van der Waals surface area (Å²) in [5, 5.41) is 5.76. The van der Waals surface area contributed by atoms with Crippen LogP contribution < -0.4 is 25.8 Å². The number of amides is 3. The number of nitrogens with two attached hydrogens (primary N) is 1. The van der Waals surface area contributed by atoms with Gasteiger partial charge in [0.05, 0.1) is 17.3 Å². The van der Waals surface area contributed by atoms with E-state index in [-0.39, 0.29) is 37.1 Å². The van der Waals surface area contributed by atoms with Crippen molar-refractivity contribution in [2.45, 2.75) is 26.7 Å². The molecule has 0 radical (unpaired) electrons. The number of piperidine rings is 1.